The fraction of sp³-hybridized carbons (Fsp3) is 0.750. The quantitative estimate of drug-likeness (QED) is 0.0310. The molecule has 0 aromatic heterocycles. The van der Waals surface area contributed by atoms with Crippen LogP contribution in [0.1, 0.15) is 129 Å². The number of Topliss-reactive ketones (excluding diaryl/α,β-unsaturated/α-hetero) is 1. The summed E-state index contributed by atoms with van der Waals surface area (Å²) in [7, 11) is 0. The highest BCUT2D eigenvalue weighted by atomic mass is 17.2. The summed E-state index contributed by atoms with van der Waals surface area (Å²) >= 11 is 0. The molecule has 9 atom stereocenters. The van der Waals surface area contributed by atoms with Crippen molar-refractivity contribution in [2.75, 3.05) is 26.3 Å². The van der Waals surface area contributed by atoms with E-state index in [9.17, 15) is 29.7 Å². The lowest BCUT2D eigenvalue weighted by molar-refractivity contribution is -0.336. The molecule has 0 spiro atoms. The minimum Gasteiger partial charge on any atom is -0.395 e. The Balaban J connectivity index is 0.000000387. The van der Waals surface area contributed by atoms with Gasteiger partial charge in [0.25, 0.3) is 0 Å². The van der Waals surface area contributed by atoms with Crippen LogP contribution in [0, 0.1) is 23.7 Å². The number of carbonyl (C=O) groups is 3. The van der Waals surface area contributed by atoms with Gasteiger partial charge in [-0.2, -0.15) is 0 Å². The second-order valence-corrected chi connectivity index (χ2v) is 15.4. The Morgan fingerprint density at radius 3 is 1.79 bits per heavy atom. The average Bonchev–Trinajstić information content (AvgIpc) is 3.87. The first-order chi connectivity index (χ1) is 27.1. The van der Waals surface area contributed by atoms with Crippen molar-refractivity contribution in [2.45, 2.75) is 160 Å². The summed E-state index contributed by atoms with van der Waals surface area (Å²) in [6.07, 6.45) is 29.2. The topological polar surface area (TPSA) is 195 Å². The van der Waals surface area contributed by atoms with Gasteiger partial charge >= 0.3 is 0 Å². The number of aliphatic hydroxyl groups is 5. The van der Waals surface area contributed by atoms with Crippen molar-refractivity contribution in [2.24, 2.45) is 23.7 Å². The maximum absolute atomic E-state index is 12.2. The van der Waals surface area contributed by atoms with E-state index in [1.807, 2.05) is 18.2 Å². The predicted octanol–water partition coefficient (Wildman–Crippen LogP) is 5.32. The molecule has 2 bridgehead atoms. The molecule has 3 fully saturated rings. The van der Waals surface area contributed by atoms with Crippen LogP contribution in [0.3, 0.4) is 0 Å². The molecule has 1 saturated heterocycles. The van der Waals surface area contributed by atoms with Crippen LogP contribution in [0.15, 0.2) is 48.6 Å². The largest absolute Gasteiger partial charge is 0.395 e. The van der Waals surface area contributed by atoms with Crippen molar-refractivity contribution in [1.29, 1.82) is 0 Å². The number of amides is 2. The third-order valence-corrected chi connectivity index (χ3v) is 10.8. The summed E-state index contributed by atoms with van der Waals surface area (Å²) in [5.41, 5.74) is 0. The Kier molecular flexibility index (Phi) is 26.8. The van der Waals surface area contributed by atoms with E-state index in [-0.39, 0.29) is 79.8 Å². The van der Waals surface area contributed by atoms with E-state index in [4.69, 9.17) is 20.0 Å². The Morgan fingerprint density at radius 1 is 0.732 bits per heavy atom. The van der Waals surface area contributed by atoms with Crippen LogP contribution in [-0.2, 0) is 24.2 Å². The van der Waals surface area contributed by atoms with Crippen molar-refractivity contribution in [3.05, 3.63) is 48.6 Å². The number of unbranched alkanes of at least 4 members (excludes halogenated alkanes) is 6. The summed E-state index contributed by atoms with van der Waals surface area (Å²) in [6.45, 7) is 4.81. The molecule has 2 amide bonds. The van der Waals surface area contributed by atoms with Gasteiger partial charge in [-0.15, -0.1) is 0 Å². The Bertz CT molecular complexity index is 1210. The van der Waals surface area contributed by atoms with Gasteiger partial charge < -0.3 is 36.2 Å². The van der Waals surface area contributed by atoms with Crippen LogP contribution >= 0.6 is 0 Å². The third kappa shape index (κ3) is 20.1. The summed E-state index contributed by atoms with van der Waals surface area (Å²) < 4.78 is 0. The number of rotatable bonds is 28. The zero-order chi connectivity index (χ0) is 41.0. The molecule has 1 heterocycles. The highest BCUT2D eigenvalue weighted by molar-refractivity contribution is 5.86. The van der Waals surface area contributed by atoms with E-state index in [1.165, 1.54) is 0 Å². The van der Waals surface area contributed by atoms with E-state index in [2.05, 4.69) is 42.7 Å². The summed E-state index contributed by atoms with van der Waals surface area (Å²) in [5.74, 6) is 0.116. The highest BCUT2D eigenvalue weighted by Gasteiger charge is 2.49. The van der Waals surface area contributed by atoms with E-state index in [0.29, 0.717) is 44.6 Å². The predicted molar refractivity (Wildman–Crippen MR) is 218 cm³/mol. The van der Waals surface area contributed by atoms with Gasteiger partial charge in [0.2, 0.25) is 11.8 Å². The second kappa shape index (κ2) is 30.4. The highest BCUT2D eigenvalue weighted by Crippen LogP contribution is 2.45. The summed E-state index contributed by atoms with van der Waals surface area (Å²) in [4.78, 5) is 45.9. The fourth-order valence-corrected chi connectivity index (χ4v) is 7.52. The Morgan fingerprint density at radius 2 is 1.25 bits per heavy atom. The third-order valence-electron chi connectivity index (χ3n) is 10.8. The number of fused-ring (bicyclic) bond motifs is 2. The van der Waals surface area contributed by atoms with Gasteiger partial charge in [0.05, 0.1) is 37.6 Å². The minimum atomic E-state index is -0.645. The lowest BCUT2D eigenvalue weighted by Gasteiger charge is -2.27. The van der Waals surface area contributed by atoms with Crippen molar-refractivity contribution < 1.29 is 49.7 Å². The number of nitrogens with one attached hydrogen (secondary N) is 2. The van der Waals surface area contributed by atoms with Crippen LogP contribution in [0.25, 0.3) is 0 Å². The molecular weight excluding hydrogens is 716 g/mol. The first-order valence-electron chi connectivity index (χ1n) is 21.5. The van der Waals surface area contributed by atoms with Gasteiger partial charge in [0.15, 0.2) is 0 Å². The van der Waals surface area contributed by atoms with Crippen LogP contribution in [0.4, 0.5) is 0 Å². The molecular formula is C44H74N2O10. The molecule has 0 aromatic carbocycles. The number of carbonyl (C=O) groups excluding carboxylic acids is 3. The molecule has 3 aliphatic rings. The fourth-order valence-electron chi connectivity index (χ4n) is 7.52. The first kappa shape index (κ1) is 49.4. The zero-order valence-electron chi connectivity index (χ0n) is 34.1. The molecule has 2 aliphatic carbocycles. The molecule has 2 saturated carbocycles. The molecule has 12 nitrogen and oxygen atoms in total. The van der Waals surface area contributed by atoms with E-state index in [0.717, 1.165) is 77.0 Å². The van der Waals surface area contributed by atoms with Gasteiger partial charge in [-0.3, -0.25) is 14.4 Å². The van der Waals surface area contributed by atoms with Crippen LogP contribution in [0.5, 0.6) is 0 Å². The minimum absolute atomic E-state index is 0.0104. The van der Waals surface area contributed by atoms with E-state index < -0.39 is 12.2 Å². The molecule has 3 rings (SSSR count). The van der Waals surface area contributed by atoms with Gasteiger partial charge in [-0.05, 0) is 51.4 Å². The van der Waals surface area contributed by atoms with E-state index in [1.54, 1.807) is 12.2 Å². The number of hydrogen-bond acceptors (Lipinski definition) is 10. The molecule has 7 N–H and O–H groups in total. The molecule has 0 radical (unpaired) electrons. The maximum atomic E-state index is 12.2. The smallest absolute Gasteiger partial charge is 0.220 e. The van der Waals surface area contributed by atoms with Gasteiger partial charge in [-0.25, -0.2) is 9.78 Å². The standard InChI is InChI=1S/2C22H37NO5/c1-2-3-6-9-17(25)12-13-19-18(20-16-21(19)28-27-20)10-7-4-5-8-11-22(26)23-14-15-24;1-2-3-6-9-17(25)12-13-19-18(20(26)16-21(19)27)10-7-4-5-8-11-22(28)23-14-15-24/h4,7,12-13,17-21,24-25H,2-3,5-6,8-11,14-16H2,1H3,(H,23,26);4,7,12-13,17-20,24-26H,2-3,5-6,8-11,14-16H2,1H3,(H,23,28)/b2*7-4-,13-12+/t17-,18+,19+,20-,21+;17-,18+,19+,20-/m00/s1. The average molecular weight is 791 g/mol. The van der Waals surface area contributed by atoms with E-state index >= 15 is 0 Å². The number of allylic oxidation sites excluding steroid dienone is 5. The van der Waals surface area contributed by atoms with Crippen LogP contribution in [-0.4, -0.2) is 100.0 Å². The molecule has 12 heteroatoms. The molecule has 320 valence electrons. The molecule has 56 heavy (non-hydrogen) atoms. The van der Waals surface area contributed by atoms with Crippen molar-refractivity contribution in [3.8, 4) is 0 Å². The molecule has 0 unspecified atom stereocenters. The molecule has 1 aliphatic heterocycles. The van der Waals surface area contributed by atoms with Gasteiger partial charge in [0, 0.05) is 62.4 Å². The van der Waals surface area contributed by atoms with Crippen molar-refractivity contribution >= 4 is 17.6 Å². The second-order valence-electron chi connectivity index (χ2n) is 15.4. The Hall–Kier alpha value is -2.71. The van der Waals surface area contributed by atoms with Crippen LogP contribution < -0.4 is 10.6 Å². The monoisotopic (exact) mass is 791 g/mol. The normalized spacial score (nSPS) is 25.8. The van der Waals surface area contributed by atoms with Gasteiger partial charge in [0.1, 0.15) is 11.9 Å². The first-order valence-corrected chi connectivity index (χ1v) is 21.5. The molecule has 0 aromatic rings. The van der Waals surface area contributed by atoms with Crippen molar-refractivity contribution in [1.82, 2.24) is 10.6 Å². The Labute approximate surface area is 335 Å². The van der Waals surface area contributed by atoms with Crippen molar-refractivity contribution in [3.63, 3.8) is 0 Å². The summed E-state index contributed by atoms with van der Waals surface area (Å²) in [6, 6.07) is 0. The number of ketones is 1. The lowest BCUT2D eigenvalue weighted by atomic mass is 9.89. The maximum Gasteiger partial charge on any atom is 0.220 e. The SMILES string of the molecule is CCCCC[C@H](O)/C=C/[C@@H]1[C@@H](C/C=C\CCCC(=O)NCCO)[C@@H]2C[C@H]1OO2.CCCCC[C@H](O)/C=C/[C@H]1C(=O)C[C@H](O)[C@@H]1C/C=C\CCCC(=O)NCCO. The number of hydrogen-bond donors (Lipinski definition) is 7. The summed E-state index contributed by atoms with van der Waals surface area (Å²) in [5, 5.41) is 53.0. The van der Waals surface area contributed by atoms with Gasteiger partial charge in [-0.1, -0.05) is 101 Å². The number of aliphatic hydroxyl groups excluding tert-OH is 5. The zero-order valence-corrected chi connectivity index (χ0v) is 34.1. The van der Waals surface area contributed by atoms with Crippen LogP contribution in [0.2, 0.25) is 0 Å². The lowest BCUT2D eigenvalue weighted by Crippen LogP contribution is -2.28.